The summed E-state index contributed by atoms with van der Waals surface area (Å²) < 4.78 is 2.00. The van der Waals surface area contributed by atoms with Gasteiger partial charge < -0.3 is 4.90 Å². The first-order valence-electron chi connectivity index (χ1n) is 7.87. The predicted molar refractivity (Wildman–Crippen MR) is 90.4 cm³/mol. The molecule has 2 heterocycles. The third-order valence-electron chi connectivity index (χ3n) is 4.28. The van der Waals surface area contributed by atoms with Crippen molar-refractivity contribution in [1.82, 2.24) is 9.78 Å². The van der Waals surface area contributed by atoms with Gasteiger partial charge in [0.05, 0.1) is 17.6 Å². The van der Waals surface area contributed by atoms with Crippen molar-refractivity contribution in [3.8, 4) is 16.9 Å². The molecule has 0 spiro atoms. The molecular weight excluding hydrogens is 270 g/mol. The van der Waals surface area contributed by atoms with Gasteiger partial charge in [-0.1, -0.05) is 30.3 Å². The minimum atomic E-state index is 1.10. The summed E-state index contributed by atoms with van der Waals surface area (Å²) in [5, 5.41) is 4.49. The molecule has 1 aliphatic rings. The second kappa shape index (κ2) is 5.68. The molecule has 0 atom stereocenters. The van der Waals surface area contributed by atoms with Crippen LogP contribution < -0.4 is 4.90 Å². The molecule has 3 aromatic rings. The Kier molecular flexibility index (Phi) is 3.39. The molecule has 110 valence electrons. The molecule has 1 fully saturated rings. The first-order chi connectivity index (χ1) is 10.9. The van der Waals surface area contributed by atoms with E-state index in [-0.39, 0.29) is 0 Å². The number of hydrogen-bond donors (Lipinski definition) is 0. The molecule has 0 amide bonds. The van der Waals surface area contributed by atoms with Crippen molar-refractivity contribution in [2.45, 2.75) is 12.8 Å². The maximum absolute atomic E-state index is 4.49. The Bertz CT molecular complexity index is 738. The van der Waals surface area contributed by atoms with Gasteiger partial charge in [0.1, 0.15) is 0 Å². The molecule has 0 saturated carbocycles. The summed E-state index contributed by atoms with van der Waals surface area (Å²) in [7, 11) is 0. The number of nitrogens with zero attached hydrogens (tertiary/aromatic N) is 3. The number of rotatable bonds is 3. The fraction of sp³-hybridized carbons (Fsp3) is 0.211. The SMILES string of the molecule is c1ccc(-c2ccnn2-c2ccc(N3CCCC3)cc2)cc1. The lowest BCUT2D eigenvalue weighted by Gasteiger charge is -2.18. The summed E-state index contributed by atoms with van der Waals surface area (Å²) in [6.07, 6.45) is 4.47. The first kappa shape index (κ1) is 13.1. The summed E-state index contributed by atoms with van der Waals surface area (Å²) in [6, 6.07) is 21.2. The molecule has 0 unspecified atom stereocenters. The van der Waals surface area contributed by atoms with E-state index in [0.29, 0.717) is 0 Å². The number of benzene rings is 2. The van der Waals surface area contributed by atoms with Crippen molar-refractivity contribution >= 4 is 5.69 Å². The maximum Gasteiger partial charge on any atom is 0.0740 e. The first-order valence-corrected chi connectivity index (χ1v) is 7.87. The van der Waals surface area contributed by atoms with Gasteiger partial charge >= 0.3 is 0 Å². The van der Waals surface area contributed by atoms with Gasteiger partial charge in [-0.15, -0.1) is 0 Å². The van der Waals surface area contributed by atoms with Gasteiger partial charge in [-0.25, -0.2) is 4.68 Å². The van der Waals surface area contributed by atoms with Gasteiger partial charge in [0.2, 0.25) is 0 Å². The Morgan fingerprint density at radius 2 is 1.41 bits per heavy atom. The lowest BCUT2D eigenvalue weighted by molar-refractivity contribution is 0.886. The zero-order chi connectivity index (χ0) is 14.8. The number of hydrogen-bond acceptors (Lipinski definition) is 2. The van der Waals surface area contributed by atoms with Crippen LogP contribution in [-0.2, 0) is 0 Å². The average molecular weight is 289 g/mol. The molecule has 0 radical (unpaired) electrons. The maximum atomic E-state index is 4.49. The Balaban J connectivity index is 1.67. The minimum Gasteiger partial charge on any atom is -0.372 e. The average Bonchev–Trinajstić information content (AvgIpc) is 3.28. The van der Waals surface area contributed by atoms with E-state index in [9.17, 15) is 0 Å². The van der Waals surface area contributed by atoms with E-state index in [1.54, 1.807) is 0 Å². The monoisotopic (exact) mass is 289 g/mol. The third kappa shape index (κ3) is 2.39. The van der Waals surface area contributed by atoms with Gasteiger partial charge in [0.15, 0.2) is 0 Å². The molecule has 1 aromatic heterocycles. The van der Waals surface area contributed by atoms with Crippen molar-refractivity contribution < 1.29 is 0 Å². The second-order valence-electron chi connectivity index (χ2n) is 5.70. The van der Waals surface area contributed by atoms with Crippen LogP contribution in [0, 0.1) is 0 Å². The van der Waals surface area contributed by atoms with Crippen LogP contribution in [0.4, 0.5) is 5.69 Å². The Morgan fingerprint density at radius 3 is 2.14 bits per heavy atom. The molecule has 22 heavy (non-hydrogen) atoms. The van der Waals surface area contributed by atoms with E-state index in [2.05, 4.69) is 64.6 Å². The molecular formula is C19H19N3. The normalized spacial score (nSPS) is 14.5. The largest absolute Gasteiger partial charge is 0.372 e. The van der Waals surface area contributed by atoms with Gasteiger partial charge in [-0.2, -0.15) is 5.10 Å². The Labute approximate surface area is 130 Å². The summed E-state index contributed by atoms with van der Waals surface area (Å²) in [4.78, 5) is 2.45. The van der Waals surface area contributed by atoms with Crippen LogP contribution in [0.1, 0.15) is 12.8 Å². The summed E-state index contributed by atoms with van der Waals surface area (Å²) >= 11 is 0. The standard InChI is InChI=1S/C19H19N3/c1-2-6-16(7-3-1)19-12-13-20-22(19)18-10-8-17(9-11-18)21-14-4-5-15-21/h1-3,6-13H,4-5,14-15H2. The lowest BCUT2D eigenvalue weighted by atomic mass is 10.1. The Morgan fingerprint density at radius 1 is 0.727 bits per heavy atom. The smallest absolute Gasteiger partial charge is 0.0740 e. The van der Waals surface area contributed by atoms with Gasteiger partial charge in [-0.05, 0) is 43.2 Å². The second-order valence-corrected chi connectivity index (χ2v) is 5.70. The van der Waals surface area contributed by atoms with Crippen LogP contribution in [0.3, 0.4) is 0 Å². The highest BCUT2D eigenvalue weighted by Crippen LogP contribution is 2.25. The minimum absolute atomic E-state index is 1.10. The quantitative estimate of drug-likeness (QED) is 0.722. The molecule has 1 aliphatic heterocycles. The summed E-state index contributed by atoms with van der Waals surface area (Å²) in [6.45, 7) is 2.35. The van der Waals surface area contributed by atoms with Crippen LogP contribution in [0.2, 0.25) is 0 Å². The van der Waals surface area contributed by atoms with Gasteiger partial charge in [-0.3, -0.25) is 0 Å². The molecule has 3 nitrogen and oxygen atoms in total. The van der Waals surface area contributed by atoms with E-state index >= 15 is 0 Å². The predicted octanol–water partition coefficient (Wildman–Crippen LogP) is 4.14. The van der Waals surface area contributed by atoms with Gasteiger partial charge in [0, 0.05) is 24.3 Å². The highest BCUT2D eigenvalue weighted by Gasteiger charge is 2.12. The molecule has 0 aliphatic carbocycles. The third-order valence-corrected chi connectivity index (χ3v) is 4.28. The highest BCUT2D eigenvalue weighted by atomic mass is 15.3. The Hall–Kier alpha value is -2.55. The zero-order valence-corrected chi connectivity index (χ0v) is 12.5. The molecule has 1 saturated heterocycles. The summed E-state index contributed by atoms with van der Waals surface area (Å²) in [5.74, 6) is 0. The van der Waals surface area contributed by atoms with E-state index in [4.69, 9.17) is 0 Å². The van der Waals surface area contributed by atoms with Crippen molar-refractivity contribution in [3.05, 3.63) is 66.9 Å². The van der Waals surface area contributed by atoms with E-state index in [1.165, 1.54) is 37.2 Å². The van der Waals surface area contributed by atoms with Crippen molar-refractivity contribution in [2.75, 3.05) is 18.0 Å². The van der Waals surface area contributed by atoms with Crippen molar-refractivity contribution in [3.63, 3.8) is 0 Å². The molecule has 3 heteroatoms. The van der Waals surface area contributed by atoms with E-state index < -0.39 is 0 Å². The number of aromatic nitrogens is 2. The van der Waals surface area contributed by atoms with Crippen LogP contribution in [0.5, 0.6) is 0 Å². The fourth-order valence-corrected chi connectivity index (χ4v) is 3.12. The number of anilines is 1. The topological polar surface area (TPSA) is 21.1 Å². The zero-order valence-electron chi connectivity index (χ0n) is 12.5. The van der Waals surface area contributed by atoms with E-state index in [1.807, 2.05) is 16.9 Å². The highest BCUT2D eigenvalue weighted by molar-refractivity contribution is 5.62. The van der Waals surface area contributed by atoms with Crippen LogP contribution >= 0.6 is 0 Å². The molecule has 4 rings (SSSR count). The molecule has 0 N–H and O–H groups in total. The van der Waals surface area contributed by atoms with Crippen LogP contribution in [0.25, 0.3) is 16.9 Å². The van der Waals surface area contributed by atoms with Crippen molar-refractivity contribution in [2.24, 2.45) is 0 Å². The molecule has 2 aromatic carbocycles. The van der Waals surface area contributed by atoms with Gasteiger partial charge in [0.25, 0.3) is 0 Å². The van der Waals surface area contributed by atoms with Crippen LogP contribution in [0.15, 0.2) is 66.9 Å². The van der Waals surface area contributed by atoms with E-state index in [0.717, 1.165) is 11.4 Å². The summed E-state index contributed by atoms with van der Waals surface area (Å²) in [5.41, 5.74) is 4.72. The lowest BCUT2D eigenvalue weighted by Crippen LogP contribution is -2.17. The van der Waals surface area contributed by atoms with Crippen molar-refractivity contribution in [1.29, 1.82) is 0 Å². The fourth-order valence-electron chi connectivity index (χ4n) is 3.12. The molecule has 0 bridgehead atoms. The van der Waals surface area contributed by atoms with Crippen LogP contribution in [-0.4, -0.2) is 22.9 Å².